The summed E-state index contributed by atoms with van der Waals surface area (Å²) in [5.41, 5.74) is 1.91. The first-order valence-corrected chi connectivity index (χ1v) is 16.1. The molecule has 0 radical (unpaired) electrons. The van der Waals surface area contributed by atoms with Gasteiger partial charge in [-0.05, 0) is 53.1 Å². The molecule has 36 heavy (non-hydrogen) atoms. The molecule has 1 fully saturated rings. The van der Waals surface area contributed by atoms with Crippen LogP contribution in [0.25, 0.3) is 0 Å². The number of amides is 2. The number of hydrogen-bond acceptors (Lipinski definition) is 5. The van der Waals surface area contributed by atoms with Crippen molar-refractivity contribution in [1.82, 2.24) is 4.90 Å². The van der Waals surface area contributed by atoms with Gasteiger partial charge in [-0.1, -0.05) is 43.3 Å². The summed E-state index contributed by atoms with van der Waals surface area (Å²) in [6.07, 6.45) is -0.599. The van der Waals surface area contributed by atoms with E-state index in [1.54, 1.807) is 16.8 Å². The van der Waals surface area contributed by atoms with Crippen LogP contribution in [0.3, 0.4) is 0 Å². The number of aliphatic hydroxyl groups is 1. The molecule has 0 unspecified atom stereocenters. The van der Waals surface area contributed by atoms with Crippen molar-refractivity contribution in [3.05, 3.63) is 63.6 Å². The fraction of sp³-hybridized carbons (Fsp3) is 0.481. The topological polar surface area (TPSA) is 90.3 Å². The highest BCUT2D eigenvalue weighted by Crippen LogP contribution is 2.60. The zero-order valence-corrected chi connectivity index (χ0v) is 24.1. The second-order valence-corrected chi connectivity index (χ2v) is 15.4. The molecule has 194 valence electrons. The monoisotopic (exact) mass is 574 g/mol. The molecule has 0 saturated carbocycles. The van der Waals surface area contributed by atoms with Gasteiger partial charge in [0.1, 0.15) is 0 Å². The van der Waals surface area contributed by atoms with Crippen molar-refractivity contribution in [2.45, 2.75) is 57.2 Å². The Morgan fingerprint density at radius 2 is 1.92 bits per heavy atom. The second-order valence-electron chi connectivity index (χ2n) is 10.6. The van der Waals surface area contributed by atoms with Crippen molar-refractivity contribution in [2.75, 3.05) is 25.1 Å². The molecule has 0 aliphatic carbocycles. The van der Waals surface area contributed by atoms with Gasteiger partial charge in [-0.2, -0.15) is 0 Å². The fourth-order valence-electron chi connectivity index (χ4n) is 6.13. The lowest BCUT2D eigenvalue weighted by Crippen LogP contribution is -2.45. The van der Waals surface area contributed by atoms with Gasteiger partial charge in [0.05, 0.1) is 24.8 Å². The van der Waals surface area contributed by atoms with Crippen LogP contribution >= 0.6 is 15.9 Å². The molecule has 2 aromatic carbocycles. The first-order valence-electron chi connectivity index (χ1n) is 12.3. The van der Waals surface area contributed by atoms with Crippen molar-refractivity contribution in [1.29, 1.82) is 0 Å². The number of carbonyl (C=O) groups excluding carboxylic acids is 2. The summed E-state index contributed by atoms with van der Waals surface area (Å²) in [6.45, 7) is 8.04. The summed E-state index contributed by atoms with van der Waals surface area (Å²) >= 11 is 3.62. The molecule has 2 amide bonds. The van der Waals surface area contributed by atoms with Crippen LogP contribution in [0.2, 0.25) is 18.6 Å². The standard InChI is InChI=1S/C27H35BrN2O5Si/c1-17-13-20-24(21(28)14-17)29(3)26(33)27(20)18(2)25(36(4,5)34)22(35-27)15-23(32)30(11-12-31)16-19-9-7-6-8-10-19/h6-10,13-14,18,22,25,31,34H,11-12,15-16H2,1-5H3/t18-,22+,25-,27+/m1/s1. The van der Waals surface area contributed by atoms with Gasteiger partial charge in [0.2, 0.25) is 5.91 Å². The van der Waals surface area contributed by atoms with E-state index in [9.17, 15) is 19.5 Å². The highest BCUT2D eigenvalue weighted by atomic mass is 79.9. The fourth-order valence-corrected chi connectivity index (χ4v) is 9.52. The summed E-state index contributed by atoms with van der Waals surface area (Å²) in [6, 6.07) is 13.6. The van der Waals surface area contributed by atoms with Crippen LogP contribution in [0.5, 0.6) is 0 Å². The van der Waals surface area contributed by atoms with Crippen LogP contribution < -0.4 is 4.90 Å². The number of ether oxygens (including phenoxy) is 1. The third kappa shape index (κ3) is 4.56. The van der Waals surface area contributed by atoms with Crippen molar-refractivity contribution < 1.29 is 24.2 Å². The SMILES string of the molecule is Cc1cc(Br)c2c(c1)[C@]1(O[C@@H](CC(=O)N(CCO)Cc3ccccc3)[C@H]([Si](C)(C)O)[C@H]1C)C(=O)N2C. The molecule has 0 bridgehead atoms. The molecule has 4 atom stereocenters. The Kier molecular flexibility index (Phi) is 7.52. The molecule has 2 N–H and O–H groups in total. The number of halogens is 1. The molecule has 1 spiro atoms. The Bertz CT molecular complexity index is 1150. The maximum atomic E-state index is 13.8. The maximum Gasteiger partial charge on any atom is 0.264 e. The number of likely N-dealkylation sites (N-methyl/N-ethyl adjacent to an activating group) is 1. The summed E-state index contributed by atoms with van der Waals surface area (Å²) in [7, 11) is -1.13. The van der Waals surface area contributed by atoms with Gasteiger partial charge in [-0.3, -0.25) is 9.59 Å². The van der Waals surface area contributed by atoms with Crippen molar-refractivity contribution in [3.63, 3.8) is 0 Å². The molecular formula is C27H35BrN2O5Si. The highest BCUT2D eigenvalue weighted by Gasteiger charge is 2.66. The van der Waals surface area contributed by atoms with Crippen LogP contribution in [0.15, 0.2) is 46.9 Å². The third-order valence-electron chi connectivity index (χ3n) is 7.61. The normalized spacial score (nSPS) is 25.5. The van der Waals surface area contributed by atoms with Gasteiger partial charge < -0.3 is 24.4 Å². The number of rotatable bonds is 7. The molecule has 7 nitrogen and oxygen atoms in total. The lowest BCUT2D eigenvalue weighted by atomic mass is 9.82. The molecule has 4 rings (SSSR count). The molecule has 1 saturated heterocycles. The summed E-state index contributed by atoms with van der Waals surface area (Å²) in [5.74, 6) is -0.673. The first-order chi connectivity index (χ1) is 16.9. The zero-order valence-electron chi connectivity index (χ0n) is 21.5. The quantitative estimate of drug-likeness (QED) is 0.489. The van der Waals surface area contributed by atoms with Crippen LogP contribution in [0.4, 0.5) is 5.69 Å². The van der Waals surface area contributed by atoms with Gasteiger partial charge in [0.15, 0.2) is 13.9 Å². The van der Waals surface area contributed by atoms with Gasteiger partial charge in [0, 0.05) is 41.6 Å². The lowest BCUT2D eigenvalue weighted by Gasteiger charge is -2.32. The van der Waals surface area contributed by atoms with Gasteiger partial charge in [-0.25, -0.2) is 0 Å². The average molecular weight is 576 g/mol. The van der Waals surface area contributed by atoms with Crippen LogP contribution in [0, 0.1) is 12.8 Å². The Hall–Kier alpha value is -2.04. The molecule has 2 aliphatic heterocycles. The molecular weight excluding hydrogens is 540 g/mol. The summed E-state index contributed by atoms with van der Waals surface area (Å²) in [4.78, 5) is 42.0. The molecule has 2 heterocycles. The van der Waals surface area contributed by atoms with Crippen molar-refractivity contribution in [3.8, 4) is 0 Å². The number of aryl methyl sites for hydroxylation is 1. The van der Waals surface area contributed by atoms with E-state index >= 15 is 0 Å². The van der Waals surface area contributed by atoms with E-state index < -0.39 is 20.0 Å². The Labute approximate surface area is 222 Å². The Balaban J connectivity index is 1.71. The van der Waals surface area contributed by atoms with Crippen molar-refractivity contribution in [2.24, 2.45) is 5.92 Å². The van der Waals surface area contributed by atoms with Gasteiger partial charge in [-0.15, -0.1) is 0 Å². The minimum Gasteiger partial charge on any atom is -0.432 e. The molecule has 2 aromatic rings. The molecule has 9 heteroatoms. The van der Waals surface area contributed by atoms with E-state index in [1.807, 2.05) is 69.4 Å². The Morgan fingerprint density at radius 1 is 1.25 bits per heavy atom. The van der Waals surface area contributed by atoms with E-state index in [4.69, 9.17) is 4.74 Å². The van der Waals surface area contributed by atoms with E-state index in [0.29, 0.717) is 6.54 Å². The largest absolute Gasteiger partial charge is 0.432 e. The molecule has 0 aromatic heterocycles. The smallest absolute Gasteiger partial charge is 0.264 e. The number of anilines is 1. The van der Waals surface area contributed by atoms with Gasteiger partial charge in [0.25, 0.3) is 5.91 Å². The van der Waals surface area contributed by atoms with E-state index in [-0.39, 0.29) is 42.8 Å². The predicted octanol–water partition coefficient (Wildman–Crippen LogP) is 3.94. The lowest BCUT2D eigenvalue weighted by molar-refractivity contribution is -0.149. The van der Waals surface area contributed by atoms with Crippen LogP contribution in [-0.2, 0) is 26.5 Å². The average Bonchev–Trinajstić information content (AvgIpc) is 3.21. The summed E-state index contributed by atoms with van der Waals surface area (Å²) in [5, 5.41) is 9.63. The number of carbonyl (C=O) groups is 2. The predicted molar refractivity (Wildman–Crippen MR) is 145 cm³/mol. The second kappa shape index (κ2) is 10.0. The minimum atomic E-state index is -2.87. The van der Waals surface area contributed by atoms with E-state index in [1.165, 1.54) is 0 Å². The number of hydrogen-bond donors (Lipinski definition) is 2. The third-order valence-corrected chi connectivity index (χ3v) is 10.7. The van der Waals surface area contributed by atoms with Crippen LogP contribution in [0.1, 0.15) is 30.0 Å². The summed E-state index contributed by atoms with van der Waals surface area (Å²) < 4.78 is 7.50. The maximum absolute atomic E-state index is 13.8. The van der Waals surface area contributed by atoms with Crippen LogP contribution in [-0.4, -0.2) is 61.2 Å². The highest BCUT2D eigenvalue weighted by molar-refractivity contribution is 9.10. The first kappa shape index (κ1) is 27.0. The number of aliphatic hydroxyl groups excluding tert-OH is 1. The number of fused-ring (bicyclic) bond motifs is 2. The van der Waals surface area contributed by atoms with Crippen molar-refractivity contribution >= 4 is 41.7 Å². The Morgan fingerprint density at radius 3 is 2.53 bits per heavy atom. The zero-order chi connectivity index (χ0) is 26.4. The number of benzene rings is 2. The van der Waals surface area contributed by atoms with Gasteiger partial charge >= 0.3 is 0 Å². The van der Waals surface area contributed by atoms with E-state index in [2.05, 4.69) is 15.9 Å². The van der Waals surface area contributed by atoms with E-state index in [0.717, 1.165) is 26.9 Å². The number of nitrogens with zero attached hydrogens (tertiary/aromatic N) is 2. The molecule has 2 aliphatic rings. The minimum absolute atomic E-state index is 0.0277.